The minimum absolute atomic E-state index is 0.142. The van der Waals surface area contributed by atoms with Crippen molar-refractivity contribution in [1.29, 1.82) is 0 Å². The molecule has 31 heavy (non-hydrogen) atoms. The van der Waals surface area contributed by atoms with Crippen molar-refractivity contribution in [3.8, 4) is 22.6 Å². The quantitative estimate of drug-likeness (QED) is 0.636. The minimum atomic E-state index is 0.142. The maximum Gasteiger partial charge on any atom is 0.244 e. The highest BCUT2D eigenvalue weighted by atomic mass is 16.5. The van der Waals surface area contributed by atoms with Gasteiger partial charge in [0, 0.05) is 55.8 Å². The summed E-state index contributed by atoms with van der Waals surface area (Å²) in [5.74, 6) is 1.39. The lowest BCUT2D eigenvalue weighted by Gasteiger charge is -2.38. The number of piperidine rings is 1. The van der Waals surface area contributed by atoms with Crippen LogP contribution in [0.3, 0.4) is 0 Å². The molecule has 3 aromatic heterocycles. The molecule has 1 amide bonds. The lowest BCUT2D eigenvalue weighted by molar-refractivity contribution is -0.130. The van der Waals surface area contributed by atoms with Gasteiger partial charge >= 0.3 is 0 Å². The summed E-state index contributed by atoms with van der Waals surface area (Å²) in [5, 5.41) is 4.22. The summed E-state index contributed by atoms with van der Waals surface area (Å²) in [6, 6.07) is 4.44. The summed E-state index contributed by atoms with van der Waals surface area (Å²) in [6.07, 6.45) is 10.8. The molecule has 0 N–H and O–H groups in total. The maximum atomic E-state index is 11.6. The zero-order chi connectivity index (χ0) is 21.2. The van der Waals surface area contributed by atoms with Crippen molar-refractivity contribution in [2.45, 2.75) is 44.7 Å². The van der Waals surface area contributed by atoms with E-state index in [2.05, 4.69) is 25.0 Å². The van der Waals surface area contributed by atoms with Gasteiger partial charge in [-0.15, -0.1) is 0 Å². The van der Waals surface area contributed by atoms with Crippen LogP contribution in [0.15, 0.2) is 41.6 Å². The first kappa shape index (κ1) is 19.7. The van der Waals surface area contributed by atoms with Crippen LogP contribution in [0.5, 0.6) is 0 Å². The van der Waals surface area contributed by atoms with Crippen molar-refractivity contribution >= 4 is 5.91 Å². The molecule has 9 nitrogen and oxygen atoms in total. The molecule has 5 heterocycles. The summed E-state index contributed by atoms with van der Waals surface area (Å²) in [7, 11) is 0. The number of aromatic nitrogens is 5. The Kier molecular flexibility index (Phi) is 5.42. The lowest BCUT2D eigenvalue weighted by atomic mass is 10.0. The van der Waals surface area contributed by atoms with E-state index in [1.54, 1.807) is 25.5 Å². The van der Waals surface area contributed by atoms with Crippen molar-refractivity contribution in [2.75, 3.05) is 19.6 Å². The number of carbonyl (C=O) groups excluding carboxylic acids is 1. The highest BCUT2D eigenvalue weighted by Crippen LogP contribution is 2.36. The number of rotatable bonds is 4. The van der Waals surface area contributed by atoms with E-state index >= 15 is 0 Å². The van der Waals surface area contributed by atoms with Gasteiger partial charge in [0.15, 0.2) is 0 Å². The van der Waals surface area contributed by atoms with Gasteiger partial charge in [-0.05, 0) is 44.4 Å². The number of hydrogen-bond acceptors (Lipinski definition) is 8. The fourth-order valence-electron chi connectivity index (χ4n) is 4.62. The smallest absolute Gasteiger partial charge is 0.244 e. The first-order valence-electron chi connectivity index (χ1n) is 10.8. The Morgan fingerprint density at radius 3 is 2.55 bits per heavy atom. The first-order valence-corrected chi connectivity index (χ1v) is 10.8. The van der Waals surface area contributed by atoms with Gasteiger partial charge in [-0.3, -0.25) is 14.7 Å². The van der Waals surface area contributed by atoms with Crippen LogP contribution in [0.25, 0.3) is 22.6 Å². The Hall–Kier alpha value is -3.20. The van der Waals surface area contributed by atoms with Crippen molar-refractivity contribution in [3.05, 3.63) is 42.9 Å². The number of nitrogens with zero attached hydrogens (tertiary/aromatic N) is 7. The Morgan fingerprint density at radius 1 is 1.03 bits per heavy atom. The van der Waals surface area contributed by atoms with Crippen LogP contribution in [0.4, 0.5) is 0 Å². The Bertz CT molecular complexity index is 1030. The molecule has 2 aliphatic heterocycles. The standard InChI is InChI=1S/C22H25N7O2/c1-15(30)28-9-6-18(7-10-28)29-8-2-3-20(29)22-26-21(27-31-22)16-4-5-19(25-13-16)17-11-23-14-24-12-17/h4-5,11-14,18,20H,2-3,6-10H2,1H3/t20-/m0/s1. The molecule has 2 aliphatic rings. The van der Waals surface area contributed by atoms with E-state index in [0.717, 1.165) is 62.1 Å². The minimum Gasteiger partial charge on any atom is -0.343 e. The van der Waals surface area contributed by atoms with Crippen molar-refractivity contribution < 1.29 is 9.32 Å². The van der Waals surface area contributed by atoms with Crippen LogP contribution < -0.4 is 0 Å². The maximum absolute atomic E-state index is 11.6. The molecule has 2 saturated heterocycles. The SMILES string of the molecule is CC(=O)N1CCC(N2CCC[C@H]2c2nc(-c3ccc(-c4cncnc4)nc3)no2)CC1. The molecule has 160 valence electrons. The molecule has 0 spiro atoms. The van der Waals surface area contributed by atoms with Crippen molar-refractivity contribution in [3.63, 3.8) is 0 Å². The molecular formula is C22H25N7O2. The zero-order valence-corrected chi connectivity index (χ0v) is 17.5. The van der Waals surface area contributed by atoms with Crippen LogP contribution in [-0.2, 0) is 4.79 Å². The van der Waals surface area contributed by atoms with Gasteiger partial charge < -0.3 is 9.42 Å². The normalized spacial score (nSPS) is 20.3. The number of carbonyl (C=O) groups is 1. The second-order valence-corrected chi connectivity index (χ2v) is 8.15. The molecule has 0 unspecified atom stereocenters. The lowest BCUT2D eigenvalue weighted by Crippen LogP contribution is -2.46. The summed E-state index contributed by atoms with van der Waals surface area (Å²) < 4.78 is 5.68. The Labute approximate surface area is 180 Å². The molecule has 0 bridgehead atoms. The highest BCUT2D eigenvalue weighted by Gasteiger charge is 2.37. The fraction of sp³-hybridized carbons (Fsp3) is 0.455. The van der Waals surface area contributed by atoms with E-state index in [1.807, 2.05) is 17.0 Å². The second kappa shape index (κ2) is 8.50. The van der Waals surface area contributed by atoms with Crippen LogP contribution in [0.2, 0.25) is 0 Å². The van der Waals surface area contributed by atoms with E-state index in [9.17, 15) is 4.79 Å². The van der Waals surface area contributed by atoms with Gasteiger partial charge in [-0.2, -0.15) is 4.98 Å². The number of likely N-dealkylation sites (tertiary alicyclic amines) is 2. The summed E-state index contributed by atoms with van der Waals surface area (Å²) in [5.41, 5.74) is 2.47. The van der Waals surface area contributed by atoms with E-state index in [1.165, 1.54) is 6.33 Å². The first-order chi connectivity index (χ1) is 15.2. The van der Waals surface area contributed by atoms with Crippen molar-refractivity contribution in [2.24, 2.45) is 0 Å². The molecule has 2 fully saturated rings. The molecule has 0 aliphatic carbocycles. The molecule has 9 heteroatoms. The van der Waals surface area contributed by atoms with Gasteiger partial charge in [-0.25, -0.2) is 9.97 Å². The Balaban J connectivity index is 1.29. The molecule has 0 radical (unpaired) electrons. The van der Waals surface area contributed by atoms with E-state index < -0.39 is 0 Å². The molecular weight excluding hydrogens is 394 g/mol. The molecule has 0 aromatic carbocycles. The highest BCUT2D eigenvalue weighted by molar-refractivity contribution is 5.73. The second-order valence-electron chi connectivity index (χ2n) is 8.15. The summed E-state index contributed by atoms with van der Waals surface area (Å²) in [4.78, 5) is 33.3. The summed E-state index contributed by atoms with van der Waals surface area (Å²) in [6.45, 7) is 4.32. The number of hydrogen-bond donors (Lipinski definition) is 0. The van der Waals surface area contributed by atoms with Crippen molar-refractivity contribution in [1.82, 2.24) is 34.9 Å². The Morgan fingerprint density at radius 2 is 1.84 bits per heavy atom. The van der Waals surface area contributed by atoms with Crippen LogP contribution in [0, 0.1) is 0 Å². The third-order valence-electron chi connectivity index (χ3n) is 6.28. The van der Waals surface area contributed by atoms with E-state index in [4.69, 9.17) is 9.51 Å². The van der Waals surface area contributed by atoms with E-state index in [-0.39, 0.29) is 11.9 Å². The largest absolute Gasteiger partial charge is 0.343 e. The average Bonchev–Trinajstić information content (AvgIpc) is 3.50. The van der Waals surface area contributed by atoms with Gasteiger partial charge in [-0.1, -0.05) is 5.16 Å². The molecule has 5 rings (SSSR count). The third-order valence-corrected chi connectivity index (χ3v) is 6.28. The zero-order valence-electron chi connectivity index (χ0n) is 17.5. The van der Waals surface area contributed by atoms with Gasteiger partial charge in [0.2, 0.25) is 17.6 Å². The molecule has 0 saturated carbocycles. The monoisotopic (exact) mass is 419 g/mol. The van der Waals surface area contributed by atoms with E-state index in [0.29, 0.717) is 17.8 Å². The molecule has 1 atom stereocenters. The molecule has 3 aromatic rings. The fourth-order valence-corrected chi connectivity index (χ4v) is 4.62. The van der Waals surface area contributed by atoms with Crippen LogP contribution in [-0.4, -0.2) is 66.5 Å². The van der Waals surface area contributed by atoms with Gasteiger partial charge in [0.25, 0.3) is 0 Å². The van der Waals surface area contributed by atoms with Crippen LogP contribution in [0.1, 0.15) is 44.5 Å². The average molecular weight is 419 g/mol. The van der Waals surface area contributed by atoms with Gasteiger partial charge in [0.1, 0.15) is 6.33 Å². The topological polar surface area (TPSA) is 101 Å². The predicted molar refractivity (Wildman–Crippen MR) is 113 cm³/mol. The third kappa shape index (κ3) is 4.05. The number of amides is 1. The van der Waals surface area contributed by atoms with Gasteiger partial charge in [0.05, 0.1) is 11.7 Å². The predicted octanol–water partition coefficient (Wildman–Crippen LogP) is 2.74. The number of pyridine rings is 1. The van der Waals surface area contributed by atoms with Crippen LogP contribution >= 0.6 is 0 Å². The summed E-state index contributed by atoms with van der Waals surface area (Å²) >= 11 is 0.